The number of carbonyl (C=O) groups is 2. The van der Waals surface area contributed by atoms with Gasteiger partial charge in [0.2, 0.25) is 0 Å². The fraction of sp³-hybridized carbons (Fsp3) is 0.417. The van der Waals surface area contributed by atoms with E-state index in [1.807, 2.05) is 13.1 Å². The molecule has 10 heteroatoms. The smallest absolute Gasteiger partial charge is 0.261 e. The van der Waals surface area contributed by atoms with Gasteiger partial charge in [0.25, 0.3) is 11.8 Å². The van der Waals surface area contributed by atoms with E-state index in [1.165, 1.54) is 12.1 Å². The molecular weight excluding hydrogens is 484 g/mol. The van der Waals surface area contributed by atoms with Crippen LogP contribution in [0.15, 0.2) is 36.4 Å². The summed E-state index contributed by atoms with van der Waals surface area (Å²) >= 11 is 11.8. The van der Waals surface area contributed by atoms with Crippen LogP contribution in [0, 0.1) is 5.82 Å². The Bertz CT molecular complexity index is 1140. The first-order valence-electron chi connectivity index (χ1n) is 11.0. The second-order valence-corrected chi connectivity index (χ2v) is 10.2. The zero-order valence-electron chi connectivity index (χ0n) is 18.4. The predicted octanol–water partition coefficient (Wildman–Crippen LogP) is 3.53. The summed E-state index contributed by atoms with van der Waals surface area (Å²) in [6.07, 6.45) is 1.85. The molecule has 180 valence electrons. The second kappa shape index (κ2) is 8.59. The minimum atomic E-state index is -0.612. The molecule has 34 heavy (non-hydrogen) atoms. The van der Waals surface area contributed by atoms with Gasteiger partial charge in [-0.3, -0.25) is 9.59 Å². The third-order valence-electron chi connectivity index (χ3n) is 6.79. The minimum Gasteiger partial charge on any atom is -0.484 e. The summed E-state index contributed by atoms with van der Waals surface area (Å²) in [6, 6.07) is 9.36. The van der Waals surface area contributed by atoms with Crippen molar-refractivity contribution in [1.82, 2.24) is 16.0 Å². The van der Waals surface area contributed by atoms with Crippen molar-refractivity contribution in [2.75, 3.05) is 13.7 Å². The molecule has 7 nitrogen and oxygen atoms in total. The Hall–Kier alpha value is -2.55. The SMILES string of the molecule is CNC1CC(C(=O)NC23CC(NC(=O)COc4ccc(Cl)c(F)c4)(C2)C3)Oc2ccc(Cl)cc21. The lowest BCUT2D eigenvalue weighted by Gasteiger charge is -2.70. The fourth-order valence-corrected chi connectivity index (χ4v) is 5.62. The van der Waals surface area contributed by atoms with E-state index in [9.17, 15) is 14.0 Å². The highest BCUT2D eigenvalue weighted by molar-refractivity contribution is 6.31. The summed E-state index contributed by atoms with van der Waals surface area (Å²) in [4.78, 5) is 25.3. The van der Waals surface area contributed by atoms with Crippen LogP contribution in [0.3, 0.4) is 0 Å². The molecule has 0 spiro atoms. The van der Waals surface area contributed by atoms with Gasteiger partial charge in [0.05, 0.1) is 5.02 Å². The number of rotatable bonds is 7. The zero-order valence-corrected chi connectivity index (χ0v) is 19.9. The molecule has 2 atom stereocenters. The molecule has 3 N–H and O–H groups in total. The maximum atomic E-state index is 13.5. The van der Waals surface area contributed by atoms with Crippen molar-refractivity contribution >= 4 is 35.0 Å². The molecule has 3 aliphatic carbocycles. The largest absolute Gasteiger partial charge is 0.484 e. The number of halogens is 3. The van der Waals surface area contributed by atoms with E-state index in [4.69, 9.17) is 32.7 Å². The number of ether oxygens (including phenoxy) is 2. The van der Waals surface area contributed by atoms with Gasteiger partial charge in [-0.05, 0) is 56.6 Å². The van der Waals surface area contributed by atoms with Crippen LogP contribution < -0.4 is 25.4 Å². The minimum absolute atomic E-state index is 0.00766. The molecule has 2 aromatic carbocycles. The van der Waals surface area contributed by atoms with Gasteiger partial charge in [-0.1, -0.05) is 23.2 Å². The topological polar surface area (TPSA) is 88.7 Å². The summed E-state index contributed by atoms with van der Waals surface area (Å²) in [5.74, 6) is -0.176. The monoisotopic (exact) mass is 507 g/mol. The van der Waals surface area contributed by atoms with Crippen LogP contribution in [0.1, 0.15) is 37.3 Å². The first-order chi connectivity index (χ1) is 16.2. The highest BCUT2D eigenvalue weighted by Crippen LogP contribution is 2.60. The van der Waals surface area contributed by atoms with Crippen LogP contribution in [0.2, 0.25) is 10.0 Å². The van der Waals surface area contributed by atoms with E-state index in [1.54, 1.807) is 12.1 Å². The van der Waals surface area contributed by atoms with Crippen molar-refractivity contribution in [2.24, 2.45) is 0 Å². The number of fused-ring (bicyclic) bond motifs is 1. The Morgan fingerprint density at radius 3 is 2.56 bits per heavy atom. The third-order valence-corrected chi connectivity index (χ3v) is 7.33. The molecule has 3 fully saturated rings. The van der Waals surface area contributed by atoms with E-state index in [0.717, 1.165) is 11.6 Å². The number of amides is 2. The molecule has 0 saturated heterocycles. The van der Waals surface area contributed by atoms with Gasteiger partial charge in [0.1, 0.15) is 17.3 Å². The summed E-state index contributed by atoms with van der Waals surface area (Å²) < 4.78 is 24.8. The molecular formula is C24H24Cl2FN3O4. The van der Waals surface area contributed by atoms with Gasteiger partial charge in [-0.2, -0.15) is 0 Å². The normalized spacial score (nSPS) is 28.5. The van der Waals surface area contributed by atoms with E-state index >= 15 is 0 Å². The molecule has 1 heterocycles. The van der Waals surface area contributed by atoms with Gasteiger partial charge >= 0.3 is 0 Å². The van der Waals surface area contributed by atoms with Crippen molar-refractivity contribution in [3.63, 3.8) is 0 Å². The quantitative estimate of drug-likeness (QED) is 0.533. The van der Waals surface area contributed by atoms with Crippen molar-refractivity contribution in [2.45, 2.75) is 48.9 Å². The van der Waals surface area contributed by atoms with Gasteiger partial charge < -0.3 is 25.4 Å². The van der Waals surface area contributed by atoms with Gasteiger partial charge in [-0.15, -0.1) is 0 Å². The van der Waals surface area contributed by atoms with Crippen molar-refractivity contribution in [1.29, 1.82) is 0 Å². The Morgan fingerprint density at radius 1 is 1.12 bits per heavy atom. The first-order valence-corrected chi connectivity index (χ1v) is 11.8. The van der Waals surface area contributed by atoms with E-state index in [-0.39, 0.29) is 46.3 Å². The molecule has 6 rings (SSSR count). The standard InChI is InChI=1S/C24H24Cl2FN3O4/c1-28-18-8-20(34-19-5-2-13(25)6-15(18)19)22(32)30-24-10-23(11-24,12-24)29-21(31)9-33-14-3-4-16(26)17(27)7-14/h2-7,18,20,28H,8-12H2,1H3,(H,29,31)(H,30,32). The maximum absolute atomic E-state index is 13.5. The van der Waals surface area contributed by atoms with Crippen LogP contribution in [0.5, 0.6) is 11.5 Å². The molecule has 2 amide bonds. The lowest BCUT2D eigenvalue weighted by molar-refractivity contribution is -0.154. The van der Waals surface area contributed by atoms with Crippen LogP contribution >= 0.6 is 23.2 Å². The molecule has 2 aromatic rings. The van der Waals surface area contributed by atoms with Crippen molar-refractivity contribution in [3.8, 4) is 11.5 Å². The molecule has 1 aliphatic heterocycles. The average molecular weight is 508 g/mol. The summed E-state index contributed by atoms with van der Waals surface area (Å²) in [7, 11) is 1.84. The molecule has 4 aliphatic rings. The predicted molar refractivity (Wildman–Crippen MR) is 125 cm³/mol. The Labute approximate surface area is 206 Å². The average Bonchev–Trinajstić information content (AvgIpc) is 2.76. The van der Waals surface area contributed by atoms with E-state index in [0.29, 0.717) is 36.5 Å². The van der Waals surface area contributed by atoms with Crippen LogP contribution in [0.4, 0.5) is 4.39 Å². The highest BCUT2D eigenvalue weighted by atomic mass is 35.5. The third kappa shape index (κ3) is 4.30. The van der Waals surface area contributed by atoms with Gasteiger partial charge in [-0.25, -0.2) is 4.39 Å². The molecule has 0 aromatic heterocycles. The van der Waals surface area contributed by atoms with E-state index < -0.39 is 11.9 Å². The summed E-state index contributed by atoms with van der Waals surface area (Å²) in [5.41, 5.74) is 0.293. The van der Waals surface area contributed by atoms with Crippen LogP contribution in [0.25, 0.3) is 0 Å². The van der Waals surface area contributed by atoms with E-state index in [2.05, 4.69) is 16.0 Å². The highest BCUT2D eigenvalue weighted by Gasteiger charge is 2.69. The number of hydrogen-bond acceptors (Lipinski definition) is 5. The van der Waals surface area contributed by atoms with Crippen molar-refractivity contribution < 1.29 is 23.5 Å². The lowest BCUT2D eigenvalue weighted by atomic mass is 9.44. The Morgan fingerprint density at radius 2 is 1.85 bits per heavy atom. The first kappa shape index (κ1) is 23.2. The van der Waals surface area contributed by atoms with Gasteiger partial charge in [0.15, 0.2) is 12.7 Å². The molecule has 2 unspecified atom stereocenters. The van der Waals surface area contributed by atoms with Crippen LogP contribution in [-0.2, 0) is 9.59 Å². The molecule has 0 radical (unpaired) electrons. The summed E-state index contributed by atoms with van der Waals surface area (Å²) in [5, 5.41) is 9.95. The number of carbonyl (C=O) groups excluding carboxylic acids is 2. The van der Waals surface area contributed by atoms with Crippen molar-refractivity contribution in [3.05, 3.63) is 57.8 Å². The fourth-order valence-electron chi connectivity index (χ4n) is 5.32. The van der Waals surface area contributed by atoms with Crippen LogP contribution in [-0.4, -0.2) is 42.7 Å². The Balaban J connectivity index is 1.11. The van der Waals surface area contributed by atoms with Gasteiger partial charge in [0, 0.05) is 40.2 Å². The zero-order chi connectivity index (χ0) is 24.1. The molecule has 3 saturated carbocycles. The lowest BCUT2D eigenvalue weighted by Crippen LogP contribution is -2.84. The summed E-state index contributed by atoms with van der Waals surface area (Å²) in [6.45, 7) is -0.229. The Kier molecular flexibility index (Phi) is 5.86. The number of hydrogen-bond donors (Lipinski definition) is 3. The number of nitrogens with one attached hydrogen (secondary N) is 3. The molecule has 2 bridgehead atoms. The second-order valence-electron chi connectivity index (χ2n) is 9.36. The number of benzene rings is 2. The maximum Gasteiger partial charge on any atom is 0.261 e.